The van der Waals surface area contributed by atoms with Crippen molar-refractivity contribution < 1.29 is 13.2 Å². The van der Waals surface area contributed by atoms with E-state index in [4.69, 9.17) is 0 Å². The monoisotopic (exact) mass is 137 g/mol. The molecule has 3 heteroatoms. The molecule has 0 N–H and O–H groups in total. The molecule has 0 heterocycles. The van der Waals surface area contributed by atoms with Crippen LogP contribution in [0.15, 0.2) is 0 Å². The van der Waals surface area contributed by atoms with Gasteiger partial charge in [-0.1, -0.05) is 0 Å². The third-order valence-electron chi connectivity index (χ3n) is 1.40. The van der Waals surface area contributed by atoms with E-state index in [1.807, 2.05) is 0 Å². The zero-order chi connectivity index (χ0) is 6.85. The molecule has 2 unspecified atom stereocenters. The molecule has 0 nitrogen and oxygen atoms in total. The van der Waals surface area contributed by atoms with E-state index in [9.17, 15) is 13.2 Å². The molecule has 2 atom stereocenters. The van der Waals surface area contributed by atoms with Crippen LogP contribution >= 0.6 is 0 Å². The molecule has 1 radical (unpaired) electrons. The van der Waals surface area contributed by atoms with Crippen LogP contribution in [0.2, 0.25) is 0 Å². The largest absolute Gasteiger partial charge is 0.247 e. The maximum atomic E-state index is 12.2. The number of rotatable bonds is 0. The second-order valence-corrected chi connectivity index (χ2v) is 2.36. The summed E-state index contributed by atoms with van der Waals surface area (Å²) in [5, 5.41) is 0. The Hall–Kier alpha value is -0.210. The molecular formula is C6H8F3. The summed E-state index contributed by atoms with van der Waals surface area (Å²) in [6, 6.07) is 0. The minimum absolute atomic E-state index is 0.132. The molecule has 1 saturated carbocycles. The fourth-order valence-corrected chi connectivity index (χ4v) is 1.01. The van der Waals surface area contributed by atoms with Crippen LogP contribution in [-0.4, -0.2) is 12.3 Å². The van der Waals surface area contributed by atoms with Gasteiger partial charge in [0, 0.05) is 19.3 Å². The Bertz CT molecular complexity index is 69.3. The van der Waals surface area contributed by atoms with Gasteiger partial charge in [0.15, 0.2) is 6.17 Å². The van der Waals surface area contributed by atoms with Crippen LogP contribution < -0.4 is 0 Å². The van der Waals surface area contributed by atoms with Crippen LogP contribution in [-0.2, 0) is 0 Å². The molecule has 0 saturated heterocycles. The Morgan fingerprint density at radius 1 is 1.11 bits per heavy atom. The molecule has 9 heavy (non-hydrogen) atoms. The van der Waals surface area contributed by atoms with Crippen molar-refractivity contribution in [3.8, 4) is 0 Å². The van der Waals surface area contributed by atoms with Gasteiger partial charge < -0.3 is 0 Å². The third-order valence-corrected chi connectivity index (χ3v) is 1.40. The van der Waals surface area contributed by atoms with Crippen LogP contribution in [0.3, 0.4) is 0 Å². The van der Waals surface area contributed by atoms with Gasteiger partial charge in [-0.25, -0.2) is 13.2 Å². The van der Waals surface area contributed by atoms with Crippen molar-refractivity contribution in [3.63, 3.8) is 0 Å². The van der Waals surface area contributed by atoms with Gasteiger partial charge in [-0.3, -0.25) is 0 Å². The Balaban J connectivity index is 2.34. The molecule has 0 aromatic heterocycles. The first-order chi connectivity index (χ1) is 4.18. The molecule has 1 aliphatic carbocycles. The highest BCUT2D eigenvalue weighted by Gasteiger charge is 2.29. The molecule has 0 bridgehead atoms. The van der Waals surface area contributed by atoms with Crippen molar-refractivity contribution in [2.24, 2.45) is 0 Å². The van der Waals surface area contributed by atoms with Gasteiger partial charge in [-0.15, -0.1) is 0 Å². The van der Waals surface area contributed by atoms with Gasteiger partial charge in [0.1, 0.15) is 12.3 Å². The average Bonchev–Trinajstić information content (AvgIpc) is 1.59. The highest BCUT2D eigenvalue weighted by molar-refractivity contribution is 4.90. The summed E-state index contributed by atoms with van der Waals surface area (Å²) in [4.78, 5) is 0. The summed E-state index contributed by atoms with van der Waals surface area (Å²) >= 11 is 0. The van der Waals surface area contributed by atoms with Crippen LogP contribution in [0.4, 0.5) is 13.2 Å². The van der Waals surface area contributed by atoms with E-state index in [1.54, 1.807) is 0 Å². The molecule has 0 amide bonds. The number of halogens is 3. The van der Waals surface area contributed by atoms with Crippen molar-refractivity contribution in [1.29, 1.82) is 0 Å². The standard InChI is InChI=1S/C6H8F3/c7-4-1-5(8)3-6(9)2-4/h4-5H,1-3H2. The smallest absolute Gasteiger partial charge is 0.150 e. The SMILES string of the molecule is F[C]1CC(F)CC(F)C1. The summed E-state index contributed by atoms with van der Waals surface area (Å²) in [6.45, 7) is 0. The zero-order valence-corrected chi connectivity index (χ0v) is 4.91. The molecule has 1 rings (SSSR count). The maximum Gasteiger partial charge on any atom is 0.150 e. The summed E-state index contributed by atoms with van der Waals surface area (Å²) in [5.41, 5.74) is 0. The predicted octanol–water partition coefficient (Wildman–Crippen LogP) is 2.35. The minimum Gasteiger partial charge on any atom is -0.247 e. The molecule has 0 aromatic carbocycles. The average molecular weight is 137 g/mol. The molecule has 1 fully saturated rings. The fraction of sp³-hybridized carbons (Fsp3) is 0.833. The highest BCUT2D eigenvalue weighted by atomic mass is 19.2. The van der Waals surface area contributed by atoms with Gasteiger partial charge in [0.2, 0.25) is 0 Å². The van der Waals surface area contributed by atoms with Crippen LogP contribution in [0, 0.1) is 6.17 Å². The summed E-state index contributed by atoms with van der Waals surface area (Å²) in [7, 11) is 0. The van der Waals surface area contributed by atoms with E-state index in [0.29, 0.717) is 0 Å². The van der Waals surface area contributed by atoms with Gasteiger partial charge in [-0.2, -0.15) is 0 Å². The lowest BCUT2D eigenvalue weighted by molar-refractivity contribution is 0.140. The van der Waals surface area contributed by atoms with Gasteiger partial charge in [-0.05, 0) is 0 Å². The lowest BCUT2D eigenvalue weighted by atomic mass is 9.96. The van der Waals surface area contributed by atoms with E-state index in [-0.39, 0.29) is 19.3 Å². The Morgan fingerprint density at radius 3 is 1.89 bits per heavy atom. The molecule has 53 valence electrons. The van der Waals surface area contributed by atoms with Crippen LogP contribution in [0.25, 0.3) is 0 Å². The Morgan fingerprint density at radius 2 is 1.56 bits per heavy atom. The van der Waals surface area contributed by atoms with Crippen LogP contribution in [0.1, 0.15) is 19.3 Å². The predicted molar refractivity (Wildman–Crippen MR) is 28.0 cm³/mol. The Kier molecular flexibility index (Phi) is 1.98. The summed E-state index contributed by atoms with van der Waals surface area (Å²) in [5.74, 6) is 0. The van der Waals surface area contributed by atoms with Crippen molar-refractivity contribution >= 4 is 0 Å². The first-order valence-electron chi connectivity index (χ1n) is 2.97. The number of hydrogen-bond donors (Lipinski definition) is 0. The second-order valence-electron chi connectivity index (χ2n) is 2.36. The van der Waals surface area contributed by atoms with Crippen molar-refractivity contribution in [2.75, 3.05) is 0 Å². The number of alkyl halides is 2. The first-order valence-corrected chi connectivity index (χ1v) is 2.97. The zero-order valence-electron chi connectivity index (χ0n) is 4.91. The third kappa shape index (κ3) is 1.88. The van der Waals surface area contributed by atoms with Crippen molar-refractivity contribution in [2.45, 2.75) is 31.6 Å². The lowest BCUT2D eigenvalue weighted by Gasteiger charge is -2.20. The van der Waals surface area contributed by atoms with E-state index >= 15 is 0 Å². The van der Waals surface area contributed by atoms with E-state index in [1.165, 1.54) is 0 Å². The molecule has 0 spiro atoms. The molecular weight excluding hydrogens is 129 g/mol. The maximum absolute atomic E-state index is 12.2. The lowest BCUT2D eigenvalue weighted by Crippen LogP contribution is -2.20. The van der Waals surface area contributed by atoms with Gasteiger partial charge in [0.25, 0.3) is 0 Å². The Labute approximate surface area is 52.1 Å². The van der Waals surface area contributed by atoms with Crippen molar-refractivity contribution in [3.05, 3.63) is 6.17 Å². The topological polar surface area (TPSA) is 0 Å². The minimum atomic E-state index is -1.30. The quantitative estimate of drug-likeness (QED) is 0.480. The molecule has 1 aliphatic rings. The van der Waals surface area contributed by atoms with E-state index in [2.05, 4.69) is 0 Å². The van der Waals surface area contributed by atoms with Gasteiger partial charge >= 0.3 is 0 Å². The highest BCUT2D eigenvalue weighted by Crippen LogP contribution is 2.30. The fourth-order valence-electron chi connectivity index (χ4n) is 1.01. The molecule has 0 aromatic rings. The molecule has 0 aliphatic heterocycles. The van der Waals surface area contributed by atoms with Crippen LogP contribution in [0.5, 0.6) is 0 Å². The first kappa shape index (κ1) is 6.90. The van der Waals surface area contributed by atoms with Crippen molar-refractivity contribution in [1.82, 2.24) is 0 Å². The summed E-state index contributed by atoms with van der Waals surface area (Å²) in [6.07, 6.45) is -3.65. The van der Waals surface area contributed by atoms with E-state index < -0.39 is 18.5 Å². The normalized spacial score (nSPS) is 39.0. The summed E-state index contributed by atoms with van der Waals surface area (Å²) < 4.78 is 36.5. The number of hydrogen-bond acceptors (Lipinski definition) is 0. The van der Waals surface area contributed by atoms with E-state index in [0.717, 1.165) is 0 Å². The van der Waals surface area contributed by atoms with Gasteiger partial charge in [0.05, 0.1) is 0 Å². The second kappa shape index (κ2) is 2.58.